The van der Waals surface area contributed by atoms with Crippen molar-refractivity contribution in [2.45, 2.75) is 6.42 Å². The molecular formula is C4H7O5P. The Morgan fingerprint density at radius 3 is 2.20 bits per heavy atom. The van der Waals surface area contributed by atoms with Crippen LogP contribution in [0.4, 0.5) is 0 Å². The highest BCUT2D eigenvalue weighted by atomic mass is 31.1. The van der Waals surface area contributed by atoms with Gasteiger partial charge in [0.2, 0.25) is 5.78 Å². The van der Waals surface area contributed by atoms with Crippen LogP contribution < -0.4 is 0 Å². The standard InChI is InChI=1S/C4H7O5P/c5-3(4(6)7)1-2-10(8)9/h10H,1-2H2,(H,6,7)(H,8,9). The van der Waals surface area contributed by atoms with Gasteiger partial charge in [-0.25, -0.2) is 4.79 Å². The van der Waals surface area contributed by atoms with Gasteiger partial charge in [-0.05, 0) is 0 Å². The molecule has 0 rings (SSSR count). The molecule has 0 spiro atoms. The van der Waals surface area contributed by atoms with Gasteiger partial charge in [0.1, 0.15) is 0 Å². The van der Waals surface area contributed by atoms with Gasteiger partial charge in [-0.15, -0.1) is 0 Å². The first-order valence-electron chi connectivity index (χ1n) is 2.52. The van der Waals surface area contributed by atoms with E-state index in [-0.39, 0.29) is 12.6 Å². The summed E-state index contributed by atoms with van der Waals surface area (Å²) in [4.78, 5) is 28.2. The maximum Gasteiger partial charge on any atom is 0.372 e. The third-order valence-electron chi connectivity index (χ3n) is 0.804. The van der Waals surface area contributed by atoms with Gasteiger partial charge in [0, 0.05) is 12.6 Å². The number of rotatable bonds is 4. The van der Waals surface area contributed by atoms with E-state index in [0.29, 0.717) is 0 Å². The summed E-state index contributed by atoms with van der Waals surface area (Å²) in [6.45, 7) is 0. The first-order valence-corrected chi connectivity index (χ1v) is 4.08. The number of hydrogen-bond donors (Lipinski definition) is 2. The quantitative estimate of drug-likeness (QED) is 0.433. The largest absolute Gasteiger partial charge is 0.476 e. The molecule has 0 aromatic heterocycles. The number of hydrogen-bond acceptors (Lipinski definition) is 3. The third kappa shape index (κ3) is 4.23. The van der Waals surface area contributed by atoms with Crippen molar-refractivity contribution in [2.24, 2.45) is 0 Å². The van der Waals surface area contributed by atoms with Crippen LogP contribution >= 0.6 is 8.03 Å². The van der Waals surface area contributed by atoms with Gasteiger partial charge < -0.3 is 10.00 Å². The van der Waals surface area contributed by atoms with E-state index in [4.69, 9.17) is 10.00 Å². The molecule has 1 atom stereocenters. The Bertz CT molecular complexity index is 174. The molecule has 2 N–H and O–H groups in total. The van der Waals surface area contributed by atoms with Crippen molar-refractivity contribution in [1.82, 2.24) is 0 Å². The number of carbonyl (C=O) groups excluding carboxylic acids is 1. The molecule has 10 heavy (non-hydrogen) atoms. The second-order valence-electron chi connectivity index (χ2n) is 1.62. The van der Waals surface area contributed by atoms with E-state index in [0.717, 1.165) is 0 Å². The summed E-state index contributed by atoms with van der Waals surface area (Å²) in [5, 5.41) is 7.97. The van der Waals surface area contributed by atoms with E-state index >= 15 is 0 Å². The molecule has 0 saturated carbocycles. The van der Waals surface area contributed by atoms with Gasteiger partial charge in [0.15, 0.2) is 8.03 Å². The molecule has 0 radical (unpaired) electrons. The molecule has 1 unspecified atom stereocenters. The molecule has 0 heterocycles. The number of aliphatic carboxylic acids is 1. The maximum atomic E-state index is 10.2. The molecule has 0 aromatic carbocycles. The van der Waals surface area contributed by atoms with Gasteiger partial charge in [-0.1, -0.05) is 0 Å². The van der Waals surface area contributed by atoms with Crippen molar-refractivity contribution >= 4 is 19.8 Å². The molecule has 0 amide bonds. The minimum atomic E-state index is -2.70. The second-order valence-corrected chi connectivity index (χ2v) is 2.91. The van der Waals surface area contributed by atoms with Crippen LogP contribution in [0, 0.1) is 0 Å². The van der Waals surface area contributed by atoms with E-state index in [1.807, 2.05) is 0 Å². The summed E-state index contributed by atoms with van der Waals surface area (Å²) in [5.41, 5.74) is 0. The predicted molar refractivity (Wildman–Crippen MR) is 33.3 cm³/mol. The van der Waals surface area contributed by atoms with Crippen LogP contribution in [-0.4, -0.2) is 27.9 Å². The van der Waals surface area contributed by atoms with Crippen LogP contribution in [0.5, 0.6) is 0 Å². The van der Waals surface area contributed by atoms with Crippen LogP contribution in [0.25, 0.3) is 0 Å². The first-order chi connectivity index (χ1) is 4.54. The monoisotopic (exact) mass is 166 g/mol. The summed E-state index contributed by atoms with van der Waals surface area (Å²) in [6.07, 6.45) is -0.598. The summed E-state index contributed by atoms with van der Waals surface area (Å²) in [6, 6.07) is 0. The Morgan fingerprint density at radius 2 is 1.90 bits per heavy atom. The minimum absolute atomic E-state index is 0.240. The number of ketones is 1. The SMILES string of the molecule is O=C(O)C(=O)CC[PH](=O)O. The topological polar surface area (TPSA) is 91.7 Å². The highest BCUT2D eigenvalue weighted by Gasteiger charge is 2.11. The number of Topliss-reactive ketones (excluding diaryl/α,β-unsaturated/α-hetero) is 1. The lowest BCUT2D eigenvalue weighted by molar-refractivity contribution is -0.148. The van der Waals surface area contributed by atoms with Gasteiger partial charge in [-0.2, -0.15) is 0 Å². The summed E-state index contributed by atoms with van der Waals surface area (Å²) < 4.78 is 9.97. The van der Waals surface area contributed by atoms with Crippen LogP contribution in [-0.2, 0) is 14.2 Å². The number of carboxylic acids is 1. The fourth-order valence-corrected chi connectivity index (χ4v) is 0.768. The summed E-state index contributed by atoms with van der Waals surface area (Å²) >= 11 is 0. The van der Waals surface area contributed by atoms with Crippen LogP contribution in [0.3, 0.4) is 0 Å². The minimum Gasteiger partial charge on any atom is -0.476 e. The van der Waals surface area contributed by atoms with E-state index in [1.54, 1.807) is 0 Å². The lowest BCUT2D eigenvalue weighted by Gasteiger charge is -1.90. The highest BCUT2D eigenvalue weighted by molar-refractivity contribution is 7.38. The van der Waals surface area contributed by atoms with E-state index in [1.165, 1.54) is 0 Å². The van der Waals surface area contributed by atoms with E-state index < -0.39 is 19.8 Å². The summed E-state index contributed by atoms with van der Waals surface area (Å²) in [5.74, 6) is -2.57. The fourth-order valence-electron chi connectivity index (χ4n) is 0.327. The molecule has 0 aliphatic carbocycles. The van der Waals surface area contributed by atoms with Crippen molar-refractivity contribution in [3.8, 4) is 0 Å². The van der Waals surface area contributed by atoms with Crippen LogP contribution in [0.15, 0.2) is 0 Å². The lowest BCUT2D eigenvalue weighted by Crippen LogP contribution is -2.12. The van der Waals surface area contributed by atoms with Crippen molar-refractivity contribution in [2.75, 3.05) is 6.16 Å². The van der Waals surface area contributed by atoms with Crippen molar-refractivity contribution in [3.05, 3.63) is 0 Å². The number of carboxylic acid groups (broad SMARTS) is 1. The van der Waals surface area contributed by atoms with Gasteiger partial charge in [-0.3, -0.25) is 9.36 Å². The lowest BCUT2D eigenvalue weighted by atomic mass is 10.3. The molecule has 0 aliphatic heterocycles. The molecule has 0 aromatic rings. The zero-order valence-electron chi connectivity index (χ0n) is 5.03. The average Bonchev–Trinajstić information content (AvgIpc) is 1.82. The van der Waals surface area contributed by atoms with Crippen molar-refractivity contribution in [1.29, 1.82) is 0 Å². The smallest absolute Gasteiger partial charge is 0.372 e. The molecule has 58 valence electrons. The van der Waals surface area contributed by atoms with Gasteiger partial charge in [0.05, 0.1) is 0 Å². The van der Waals surface area contributed by atoms with Gasteiger partial charge in [0.25, 0.3) is 0 Å². The Morgan fingerprint density at radius 1 is 1.40 bits per heavy atom. The molecule has 0 bridgehead atoms. The second kappa shape index (κ2) is 4.19. The molecule has 0 aliphatic rings. The third-order valence-corrected chi connectivity index (χ3v) is 1.48. The zero-order chi connectivity index (χ0) is 8.15. The molecule has 6 heteroatoms. The summed E-state index contributed by atoms with van der Waals surface area (Å²) in [7, 11) is -2.70. The molecular weight excluding hydrogens is 159 g/mol. The Labute approximate surface area is 57.5 Å². The number of carbonyl (C=O) groups is 2. The Balaban J connectivity index is 3.60. The van der Waals surface area contributed by atoms with E-state index in [2.05, 4.69) is 0 Å². The highest BCUT2D eigenvalue weighted by Crippen LogP contribution is 2.13. The first kappa shape index (κ1) is 9.33. The van der Waals surface area contributed by atoms with Gasteiger partial charge >= 0.3 is 5.97 Å². The molecule has 0 fully saturated rings. The molecule has 0 saturated heterocycles. The van der Waals surface area contributed by atoms with Crippen LogP contribution in [0.1, 0.15) is 6.42 Å². The molecule has 5 nitrogen and oxygen atoms in total. The Kier molecular flexibility index (Phi) is 3.91. The maximum absolute atomic E-state index is 10.2. The van der Waals surface area contributed by atoms with E-state index in [9.17, 15) is 14.2 Å². The van der Waals surface area contributed by atoms with Crippen molar-refractivity contribution in [3.63, 3.8) is 0 Å². The van der Waals surface area contributed by atoms with Crippen LogP contribution in [0.2, 0.25) is 0 Å². The predicted octanol–water partition coefficient (Wildman–Crippen LogP) is -0.503. The zero-order valence-corrected chi connectivity index (χ0v) is 6.03. The normalized spacial score (nSPS) is 12.5. The fraction of sp³-hybridized carbons (Fsp3) is 0.500. The van der Waals surface area contributed by atoms with Crippen molar-refractivity contribution < 1.29 is 24.2 Å². The average molecular weight is 166 g/mol. The Hall–Kier alpha value is -0.670.